The second-order valence-electron chi connectivity index (χ2n) is 1.23. The molecule has 0 heterocycles. The van der Waals surface area contributed by atoms with Crippen molar-refractivity contribution in [3.8, 4) is 6.07 Å². The second-order valence-corrected chi connectivity index (χ2v) is 2.84. The van der Waals surface area contributed by atoms with Crippen LogP contribution in [0.3, 0.4) is 0 Å². The molecule has 0 bridgehead atoms. The Kier molecular flexibility index (Phi) is 3.92. The molecule has 0 rings (SSSR count). The van der Waals surface area contributed by atoms with Gasteiger partial charge < -0.3 is 0 Å². The van der Waals surface area contributed by atoms with Gasteiger partial charge in [0.15, 0.2) is 0 Å². The summed E-state index contributed by atoms with van der Waals surface area (Å²) < 4.78 is 0. The predicted molar refractivity (Wildman–Crippen MR) is 33.2 cm³/mol. The van der Waals surface area contributed by atoms with Crippen molar-refractivity contribution in [1.29, 1.82) is 5.26 Å². The standard InChI is InChI=1S/C5H9NS/c1-3-7-5(2)4-6/h5H,3H2,1-2H3. The molecule has 2 heteroatoms. The fourth-order valence-corrected chi connectivity index (χ4v) is 0.862. The topological polar surface area (TPSA) is 23.8 Å². The lowest BCUT2D eigenvalue weighted by atomic mass is 10.5. The van der Waals surface area contributed by atoms with Crippen molar-refractivity contribution < 1.29 is 0 Å². The molecule has 0 saturated heterocycles. The summed E-state index contributed by atoms with van der Waals surface area (Å²) in [4.78, 5) is 0. The third-order valence-corrected chi connectivity index (χ3v) is 1.54. The van der Waals surface area contributed by atoms with Gasteiger partial charge in [0, 0.05) is 0 Å². The van der Waals surface area contributed by atoms with Gasteiger partial charge >= 0.3 is 0 Å². The smallest absolute Gasteiger partial charge is 0.0888 e. The van der Waals surface area contributed by atoms with Crippen LogP contribution in [-0.2, 0) is 0 Å². The van der Waals surface area contributed by atoms with Crippen LogP contribution in [0.2, 0.25) is 0 Å². The van der Waals surface area contributed by atoms with Crippen molar-refractivity contribution in [3.05, 3.63) is 0 Å². The molecule has 0 amide bonds. The number of thioether (sulfide) groups is 1. The van der Waals surface area contributed by atoms with Gasteiger partial charge in [-0.15, -0.1) is 11.8 Å². The van der Waals surface area contributed by atoms with Crippen LogP contribution in [0.1, 0.15) is 13.8 Å². The molecule has 0 aromatic carbocycles. The Morgan fingerprint density at radius 1 is 1.86 bits per heavy atom. The van der Waals surface area contributed by atoms with Gasteiger partial charge in [-0.25, -0.2) is 0 Å². The minimum Gasteiger partial charge on any atom is -0.197 e. The fourth-order valence-electron chi connectivity index (χ4n) is 0.287. The lowest BCUT2D eigenvalue weighted by molar-refractivity contribution is 1.24. The first kappa shape index (κ1) is 6.84. The van der Waals surface area contributed by atoms with E-state index in [0.717, 1.165) is 5.75 Å². The summed E-state index contributed by atoms with van der Waals surface area (Å²) in [6.07, 6.45) is 0. The molecule has 1 unspecified atom stereocenters. The summed E-state index contributed by atoms with van der Waals surface area (Å²) in [7, 11) is 0. The largest absolute Gasteiger partial charge is 0.197 e. The molecule has 0 spiro atoms. The Morgan fingerprint density at radius 3 is 2.57 bits per heavy atom. The molecule has 1 nitrogen and oxygen atoms in total. The Bertz CT molecular complexity index is 74.6. The van der Waals surface area contributed by atoms with E-state index in [4.69, 9.17) is 5.26 Å². The van der Waals surface area contributed by atoms with E-state index in [-0.39, 0.29) is 5.25 Å². The monoisotopic (exact) mass is 115 g/mol. The van der Waals surface area contributed by atoms with Gasteiger partial charge in [0.25, 0.3) is 0 Å². The first-order valence-corrected chi connectivity index (χ1v) is 3.37. The lowest BCUT2D eigenvalue weighted by Gasteiger charge is -1.93. The summed E-state index contributed by atoms with van der Waals surface area (Å²) in [5.74, 6) is 1.04. The van der Waals surface area contributed by atoms with Crippen LogP contribution < -0.4 is 0 Å². The van der Waals surface area contributed by atoms with Gasteiger partial charge in [0.2, 0.25) is 0 Å². The van der Waals surface area contributed by atoms with Crippen molar-refractivity contribution in [3.63, 3.8) is 0 Å². The van der Waals surface area contributed by atoms with E-state index in [9.17, 15) is 0 Å². The molecule has 40 valence electrons. The molecule has 0 aliphatic carbocycles. The zero-order valence-electron chi connectivity index (χ0n) is 4.64. The molecule has 0 saturated carbocycles. The third-order valence-electron chi connectivity index (χ3n) is 0.598. The molecule has 7 heavy (non-hydrogen) atoms. The first-order chi connectivity index (χ1) is 3.31. The highest BCUT2D eigenvalue weighted by molar-refractivity contribution is 8.00. The van der Waals surface area contributed by atoms with Gasteiger partial charge in [-0.2, -0.15) is 5.26 Å². The maximum absolute atomic E-state index is 8.20. The maximum Gasteiger partial charge on any atom is 0.0888 e. The van der Waals surface area contributed by atoms with Gasteiger partial charge in [0.05, 0.1) is 11.3 Å². The summed E-state index contributed by atoms with van der Waals surface area (Å²) >= 11 is 1.67. The number of hydrogen-bond acceptors (Lipinski definition) is 2. The molecule has 0 aromatic heterocycles. The third kappa shape index (κ3) is 3.68. The minimum atomic E-state index is 0.171. The SMILES string of the molecule is CCSC(C)C#N. The van der Waals surface area contributed by atoms with Crippen LogP contribution in [-0.4, -0.2) is 11.0 Å². The molecule has 0 fully saturated rings. The van der Waals surface area contributed by atoms with Crippen molar-refractivity contribution in [2.45, 2.75) is 19.1 Å². The van der Waals surface area contributed by atoms with E-state index in [0.29, 0.717) is 0 Å². The minimum absolute atomic E-state index is 0.171. The van der Waals surface area contributed by atoms with Crippen LogP contribution in [0.25, 0.3) is 0 Å². The van der Waals surface area contributed by atoms with Gasteiger partial charge in [-0.3, -0.25) is 0 Å². The van der Waals surface area contributed by atoms with Crippen molar-refractivity contribution in [1.82, 2.24) is 0 Å². The van der Waals surface area contributed by atoms with E-state index in [1.807, 2.05) is 6.92 Å². The second kappa shape index (κ2) is 4.01. The zero-order chi connectivity index (χ0) is 5.70. The van der Waals surface area contributed by atoms with Crippen LogP contribution in [0, 0.1) is 11.3 Å². The summed E-state index contributed by atoms with van der Waals surface area (Å²) in [6, 6.07) is 2.13. The summed E-state index contributed by atoms with van der Waals surface area (Å²) in [5, 5.41) is 8.37. The average Bonchev–Trinajstić information content (AvgIpc) is 1.68. The lowest BCUT2D eigenvalue weighted by Crippen LogP contribution is -1.88. The Labute approximate surface area is 48.7 Å². The maximum atomic E-state index is 8.20. The molecule has 0 aliphatic heterocycles. The Hall–Kier alpha value is -0.160. The summed E-state index contributed by atoms with van der Waals surface area (Å²) in [6.45, 7) is 3.96. The van der Waals surface area contributed by atoms with E-state index < -0.39 is 0 Å². The predicted octanol–water partition coefficient (Wildman–Crippen LogP) is 1.65. The van der Waals surface area contributed by atoms with Crippen molar-refractivity contribution >= 4 is 11.8 Å². The van der Waals surface area contributed by atoms with E-state index in [1.165, 1.54) is 0 Å². The van der Waals surface area contributed by atoms with Crippen LogP contribution in [0.15, 0.2) is 0 Å². The van der Waals surface area contributed by atoms with Gasteiger partial charge in [0.1, 0.15) is 0 Å². The Morgan fingerprint density at radius 2 is 2.43 bits per heavy atom. The van der Waals surface area contributed by atoms with E-state index in [1.54, 1.807) is 11.8 Å². The molecule has 0 N–H and O–H groups in total. The highest BCUT2D eigenvalue weighted by Gasteiger charge is 1.93. The van der Waals surface area contributed by atoms with E-state index >= 15 is 0 Å². The Balaban J connectivity index is 3.04. The number of nitrogens with zero attached hydrogens (tertiary/aromatic N) is 1. The molecular weight excluding hydrogens is 106 g/mol. The normalized spacial score (nSPS) is 12.7. The van der Waals surface area contributed by atoms with E-state index in [2.05, 4.69) is 13.0 Å². The zero-order valence-corrected chi connectivity index (χ0v) is 5.46. The van der Waals surface area contributed by atoms with Gasteiger partial charge in [-0.05, 0) is 12.7 Å². The van der Waals surface area contributed by atoms with Gasteiger partial charge in [-0.1, -0.05) is 6.92 Å². The summed E-state index contributed by atoms with van der Waals surface area (Å²) in [5.41, 5.74) is 0. The molecule has 1 atom stereocenters. The average molecular weight is 115 g/mol. The highest BCUT2D eigenvalue weighted by atomic mass is 32.2. The van der Waals surface area contributed by atoms with Crippen molar-refractivity contribution in [2.75, 3.05) is 5.75 Å². The van der Waals surface area contributed by atoms with Crippen LogP contribution in [0.5, 0.6) is 0 Å². The number of nitriles is 1. The van der Waals surface area contributed by atoms with Crippen molar-refractivity contribution in [2.24, 2.45) is 0 Å². The fraction of sp³-hybridized carbons (Fsp3) is 0.800. The van der Waals surface area contributed by atoms with Crippen LogP contribution in [0.4, 0.5) is 0 Å². The highest BCUT2D eigenvalue weighted by Crippen LogP contribution is 2.06. The number of hydrogen-bond donors (Lipinski definition) is 0. The number of rotatable bonds is 2. The quantitative estimate of drug-likeness (QED) is 0.546. The molecule has 0 aromatic rings. The first-order valence-electron chi connectivity index (χ1n) is 2.32. The molecule has 0 aliphatic rings. The molecule has 0 radical (unpaired) electrons. The van der Waals surface area contributed by atoms with Crippen LogP contribution >= 0.6 is 11.8 Å². The molecular formula is C5H9NS.